The Balaban J connectivity index is 1.63. The van der Waals surface area contributed by atoms with Crippen molar-refractivity contribution >= 4 is 22.7 Å². The molecular formula is C25H29N7O2. The van der Waals surface area contributed by atoms with Gasteiger partial charge in [-0.15, -0.1) is 0 Å². The second-order valence-corrected chi connectivity index (χ2v) is 8.17. The highest BCUT2D eigenvalue weighted by Gasteiger charge is 2.33. The van der Waals surface area contributed by atoms with Gasteiger partial charge >= 0.3 is 0 Å². The lowest BCUT2D eigenvalue weighted by Gasteiger charge is -2.29. The fourth-order valence-electron chi connectivity index (χ4n) is 4.20. The van der Waals surface area contributed by atoms with E-state index in [0.717, 1.165) is 33.3 Å². The van der Waals surface area contributed by atoms with Gasteiger partial charge in [-0.2, -0.15) is 5.10 Å². The molecule has 0 radical (unpaired) electrons. The number of nitrogens with one attached hydrogen (secondary N) is 2. The van der Waals surface area contributed by atoms with E-state index in [-0.39, 0.29) is 12.6 Å². The number of aliphatic hydroxyl groups is 2. The molecule has 0 spiro atoms. The third-order valence-corrected chi connectivity index (χ3v) is 6.04. The number of aryl methyl sites for hydroxylation is 1. The van der Waals surface area contributed by atoms with Crippen molar-refractivity contribution < 1.29 is 10.2 Å². The Morgan fingerprint density at radius 2 is 2.03 bits per heavy atom. The summed E-state index contributed by atoms with van der Waals surface area (Å²) in [5.74, 6) is -0.333. The molecule has 1 atom stereocenters. The standard InChI is InChI=1S/C25H29N7O2/c1-2-25(34,20-6-4-3-5-7-20)22(31-24(26)27)9-8-17-13-28-23-21(17)12-18(14-29-23)19-15-30-32(16-19)10-11-33/h3-7,12-16,33-34H,2,8-11H2,1H3,(H3,26,27)(H,28,29). The molecular weight excluding hydrogens is 430 g/mol. The molecule has 3 heterocycles. The summed E-state index contributed by atoms with van der Waals surface area (Å²) < 4.78 is 1.69. The number of hydrogen-bond acceptors (Lipinski definition) is 5. The largest absolute Gasteiger partial charge is 0.394 e. The third kappa shape index (κ3) is 4.75. The van der Waals surface area contributed by atoms with Gasteiger partial charge in [0, 0.05) is 35.1 Å². The molecule has 0 amide bonds. The molecule has 9 nitrogen and oxygen atoms in total. The number of aliphatic imine (C=N–C) groups is 1. The van der Waals surface area contributed by atoms with E-state index in [2.05, 4.69) is 26.1 Å². The van der Waals surface area contributed by atoms with Crippen LogP contribution in [0.1, 0.15) is 30.9 Å². The smallest absolute Gasteiger partial charge is 0.212 e. The summed E-state index contributed by atoms with van der Waals surface area (Å²) in [5, 5.41) is 33.6. The number of pyridine rings is 1. The van der Waals surface area contributed by atoms with E-state index in [0.29, 0.717) is 31.5 Å². The zero-order valence-electron chi connectivity index (χ0n) is 19.1. The topological polar surface area (TPSA) is 149 Å². The van der Waals surface area contributed by atoms with Gasteiger partial charge in [-0.25, -0.2) is 9.98 Å². The van der Waals surface area contributed by atoms with Gasteiger partial charge < -0.3 is 20.9 Å². The van der Waals surface area contributed by atoms with Crippen molar-refractivity contribution in [2.45, 2.75) is 38.3 Å². The Morgan fingerprint density at radius 3 is 2.74 bits per heavy atom. The molecule has 1 aromatic carbocycles. The van der Waals surface area contributed by atoms with Crippen LogP contribution in [0.4, 0.5) is 0 Å². The summed E-state index contributed by atoms with van der Waals surface area (Å²) in [6, 6.07) is 11.4. The van der Waals surface area contributed by atoms with Crippen molar-refractivity contribution in [2.75, 3.05) is 6.61 Å². The number of fused-ring (bicyclic) bond motifs is 1. The van der Waals surface area contributed by atoms with Crippen molar-refractivity contribution in [2.24, 2.45) is 10.7 Å². The summed E-state index contributed by atoms with van der Waals surface area (Å²) in [6.45, 7) is 2.35. The average Bonchev–Trinajstić information content (AvgIpc) is 3.48. The van der Waals surface area contributed by atoms with Crippen LogP contribution in [0.2, 0.25) is 0 Å². The molecule has 176 valence electrons. The highest BCUT2D eigenvalue weighted by atomic mass is 16.3. The van der Waals surface area contributed by atoms with Crippen LogP contribution in [0.3, 0.4) is 0 Å². The molecule has 34 heavy (non-hydrogen) atoms. The average molecular weight is 460 g/mol. The van der Waals surface area contributed by atoms with Crippen LogP contribution in [-0.2, 0) is 18.6 Å². The van der Waals surface area contributed by atoms with E-state index in [9.17, 15) is 5.11 Å². The summed E-state index contributed by atoms with van der Waals surface area (Å²) in [5.41, 5.74) is 9.10. The number of nitrogens with zero attached hydrogens (tertiary/aromatic N) is 4. The maximum atomic E-state index is 11.6. The Kier molecular flexibility index (Phi) is 6.85. The third-order valence-electron chi connectivity index (χ3n) is 6.04. The molecule has 4 rings (SSSR count). The van der Waals surface area contributed by atoms with Crippen molar-refractivity contribution in [1.29, 1.82) is 5.41 Å². The van der Waals surface area contributed by atoms with E-state index in [1.807, 2.05) is 49.6 Å². The normalized spacial score (nSPS) is 13.8. The number of guanidine groups is 1. The van der Waals surface area contributed by atoms with Crippen LogP contribution in [0.15, 0.2) is 66.2 Å². The van der Waals surface area contributed by atoms with Crippen molar-refractivity contribution in [1.82, 2.24) is 19.7 Å². The molecule has 3 aromatic heterocycles. The van der Waals surface area contributed by atoms with Crippen LogP contribution >= 0.6 is 0 Å². The maximum absolute atomic E-state index is 11.6. The maximum Gasteiger partial charge on any atom is 0.212 e. The zero-order chi connectivity index (χ0) is 24.1. The molecule has 0 aliphatic heterocycles. The molecule has 4 aromatic rings. The Bertz CT molecular complexity index is 1310. The van der Waals surface area contributed by atoms with Crippen LogP contribution < -0.4 is 5.73 Å². The first-order valence-electron chi connectivity index (χ1n) is 11.2. The van der Waals surface area contributed by atoms with Gasteiger partial charge in [-0.1, -0.05) is 37.3 Å². The summed E-state index contributed by atoms with van der Waals surface area (Å²) in [4.78, 5) is 12.0. The predicted molar refractivity (Wildman–Crippen MR) is 133 cm³/mol. The first kappa shape index (κ1) is 23.3. The SMILES string of the molecule is CCC(O)(C(CCc1c[nH]c2ncc(-c3cnn(CCO)c3)cc12)=NC(=N)N)c1ccccc1. The van der Waals surface area contributed by atoms with E-state index >= 15 is 0 Å². The molecule has 0 aliphatic carbocycles. The van der Waals surface area contributed by atoms with E-state index in [1.165, 1.54) is 0 Å². The van der Waals surface area contributed by atoms with Crippen LogP contribution in [0.25, 0.3) is 22.2 Å². The highest BCUT2D eigenvalue weighted by Crippen LogP contribution is 2.30. The molecule has 0 fully saturated rings. The van der Waals surface area contributed by atoms with Crippen LogP contribution in [-0.4, -0.2) is 48.2 Å². The number of rotatable bonds is 9. The fourth-order valence-corrected chi connectivity index (χ4v) is 4.20. The zero-order valence-corrected chi connectivity index (χ0v) is 19.1. The quantitative estimate of drug-likeness (QED) is 0.193. The number of benzene rings is 1. The number of aliphatic hydroxyl groups excluding tert-OH is 1. The number of aromatic amines is 1. The van der Waals surface area contributed by atoms with Crippen LogP contribution in [0, 0.1) is 5.41 Å². The highest BCUT2D eigenvalue weighted by molar-refractivity contribution is 6.01. The van der Waals surface area contributed by atoms with Gasteiger partial charge in [0.05, 0.1) is 25.1 Å². The van der Waals surface area contributed by atoms with Crippen LogP contribution in [0.5, 0.6) is 0 Å². The molecule has 0 saturated carbocycles. The fraction of sp³-hybridized carbons (Fsp3) is 0.280. The van der Waals surface area contributed by atoms with Gasteiger partial charge in [-0.05, 0) is 36.5 Å². The Hall–Kier alpha value is -3.82. The van der Waals surface area contributed by atoms with Gasteiger partial charge in [0.1, 0.15) is 11.2 Å². The van der Waals surface area contributed by atoms with Gasteiger partial charge in [0.2, 0.25) is 5.96 Å². The van der Waals surface area contributed by atoms with E-state index in [4.69, 9.17) is 16.2 Å². The number of aromatic nitrogens is 4. The molecule has 9 heteroatoms. The Morgan fingerprint density at radius 1 is 1.24 bits per heavy atom. The molecule has 0 bridgehead atoms. The lowest BCUT2D eigenvalue weighted by Crippen LogP contribution is -2.36. The lowest BCUT2D eigenvalue weighted by molar-refractivity contribution is 0.105. The molecule has 1 unspecified atom stereocenters. The van der Waals surface area contributed by atoms with E-state index in [1.54, 1.807) is 17.1 Å². The number of H-pyrrole nitrogens is 1. The van der Waals surface area contributed by atoms with Gasteiger partial charge in [-0.3, -0.25) is 10.1 Å². The minimum absolute atomic E-state index is 0.0254. The predicted octanol–water partition coefficient (Wildman–Crippen LogP) is 2.98. The van der Waals surface area contributed by atoms with Crippen molar-refractivity contribution in [3.05, 3.63) is 72.3 Å². The summed E-state index contributed by atoms with van der Waals surface area (Å²) in [6.07, 6.45) is 8.74. The first-order valence-corrected chi connectivity index (χ1v) is 11.2. The van der Waals surface area contributed by atoms with Crippen molar-refractivity contribution in [3.8, 4) is 11.1 Å². The molecule has 0 saturated heterocycles. The second kappa shape index (κ2) is 9.98. The van der Waals surface area contributed by atoms with Gasteiger partial charge in [0.15, 0.2) is 0 Å². The monoisotopic (exact) mass is 459 g/mol. The first-order chi connectivity index (χ1) is 16.4. The number of nitrogens with two attached hydrogens (primary N) is 1. The number of hydrogen-bond donors (Lipinski definition) is 5. The lowest BCUT2D eigenvalue weighted by atomic mass is 9.83. The minimum Gasteiger partial charge on any atom is -0.394 e. The summed E-state index contributed by atoms with van der Waals surface area (Å²) in [7, 11) is 0. The Labute approximate surface area is 197 Å². The minimum atomic E-state index is -1.32. The molecule has 6 N–H and O–H groups in total. The van der Waals surface area contributed by atoms with Gasteiger partial charge in [0.25, 0.3) is 0 Å². The molecule has 0 aliphatic rings. The second-order valence-electron chi connectivity index (χ2n) is 8.17. The van der Waals surface area contributed by atoms with Crippen molar-refractivity contribution in [3.63, 3.8) is 0 Å². The summed E-state index contributed by atoms with van der Waals surface area (Å²) >= 11 is 0. The van der Waals surface area contributed by atoms with E-state index < -0.39 is 5.60 Å².